The van der Waals surface area contributed by atoms with Crippen molar-refractivity contribution in [1.29, 1.82) is 0 Å². The van der Waals surface area contributed by atoms with E-state index in [0.717, 1.165) is 38.3 Å². The Morgan fingerprint density at radius 2 is 1.89 bits per heavy atom. The van der Waals surface area contributed by atoms with Crippen molar-refractivity contribution in [2.45, 2.75) is 6.04 Å². The fraction of sp³-hybridized carbons (Fsp3) is 0.385. The molecule has 0 amide bonds. The number of halogens is 3. The first-order chi connectivity index (χ1) is 8.65. The van der Waals surface area contributed by atoms with Crippen LogP contribution in [0, 0.1) is 11.6 Å². The molecule has 0 aromatic heterocycles. The van der Waals surface area contributed by atoms with Gasteiger partial charge in [-0.15, -0.1) is 6.58 Å². The van der Waals surface area contributed by atoms with Crippen molar-refractivity contribution in [3.63, 3.8) is 0 Å². The minimum absolute atomic E-state index is 0.154. The zero-order chi connectivity index (χ0) is 13.1. The molecule has 1 saturated heterocycles. The largest absolute Gasteiger partial charge is 0.314 e. The van der Waals surface area contributed by atoms with Gasteiger partial charge in [0.1, 0.15) is 11.6 Å². The summed E-state index contributed by atoms with van der Waals surface area (Å²) in [6, 6.07) is 1.75. The second kappa shape index (κ2) is 5.78. The van der Waals surface area contributed by atoms with E-state index < -0.39 is 17.7 Å². The first-order valence-corrected chi connectivity index (χ1v) is 6.23. The van der Waals surface area contributed by atoms with Gasteiger partial charge in [-0.25, -0.2) is 8.78 Å². The summed E-state index contributed by atoms with van der Waals surface area (Å²) in [5, 5.41) is 3.05. The molecule has 0 spiro atoms. The van der Waals surface area contributed by atoms with Gasteiger partial charge in [-0.3, -0.25) is 4.90 Å². The molecule has 2 nitrogen and oxygen atoms in total. The van der Waals surface area contributed by atoms with Gasteiger partial charge in [-0.1, -0.05) is 17.7 Å². The average Bonchev–Trinajstić information content (AvgIpc) is 2.40. The summed E-state index contributed by atoms with van der Waals surface area (Å²) in [7, 11) is 0. The third kappa shape index (κ3) is 2.55. The van der Waals surface area contributed by atoms with Crippen LogP contribution in [0.1, 0.15) is 11.6 Å². The Labute approximate surface area is 110 Å². The van der Waals surface area contributed by atoms with Crippen molar-refractivity contribution in [1.82, 2.24) is 10.2 Å². The zero-order valence-electron chi connectivity index (χ0n) is 9.93. The van der Waals surface area contributed by atoms with Crippen LogP contribution in [0.3, 0.4) is 0 Å². The van der Waals surface area contributed by atoms with Crippen LogP contribution < -0.4 is 5.32 Å². The van der Waals surface area contributed by atoms with Crippen molar-refractivity contribution in [2.75, 3.05) is 26.2 Å². The van der Waals surface area contributed by atoms with E-state index in [-0.39, 0.29) is 10.6 Å². The molecule has 0 saturated carbocycles. The van der Waals surface area contributed by atoms with E-state index in [1.807, 2.05) is 4.90 Å². The smallest absolute Gasteiger partial charge is 0.142 e. The molecule has 18 heavy (non-hydrogen) atoms. The van der Waals surface area contributed by atoms with Crippen LogP contribution in [0.15, 0.2) is 24.8 Å². The second-order valence-corrected chi connectivity index (χ2v) is 4.60. The Morgan fingerprint density at radius 1 is 1.28 bits per heavy atom. The number of hydrogen-bond donors (Lipinski definition) is 1. The van der Waals surface area contributed by atoms with E-state index >= 15 is 0 Å². The summed E-state index contributed by atoms with van der Waals surface area (Å²) >= 11 is 5.89. The molecule has 1 N–H and O–H groups in total. The van der Waals surface area contributed by atoms with Crippen molar-refractivity contribution < 1.29 is 8.78 Å². The molecule has 1 heterocycles. The first kappa shape index (κ1) is 13.5. The van der Waals surface area contributed by atoms with Crippen molar-refractivity contribution >= 4 is 11.6 Å². The van der Waals surface area contributed by atoms with E-state index in [4.69, 9.17) is 11.6 Å². The van der Waals surface area contributed by atoms with Crippen LogP contribution in [0.4, 0.5) is 8.78 Å². The number of rotatable bonds is 3. The van der Waals surface area contributed by atoms with Crippen LogP contribution in [-0.4, -0.2) is 31.1 Å². The molecule has 0 radical (unpaired) electrons. The normalized spacial score (nSPS) is 18.6. The average molecular weight is 273 g/mol. The lowest BCUT2D eigenvalue weighted by Gasteiger charge is -2.34. The summed E-state index contributed by atoms with van der Waals surface area (Å²) in [5.41, 5.74) is 0.175. The predicted octanol–water partition coefficient (Wildman–Crippen LogP) is 2.75. The van der Waals surface area contributed by atoms with Crippen molar-refractivity contribution in [3.8, 4) is 0 Å². The van der Waals surface area contributed by atoms with Gasteiger partial charge >= 0.3 is 0 Å². The predicted molar refractivity (Wildman–Crippen MR) is 68.7 cm³/mol. The Bertz CT molecular complexity index is 445. The maximum atomic E-state index is 13.9. The minimum Gasteiger partial charge on any atom is -0.314 e. The summed E-state index contributed by atoms with van der Waals surface area (Å²) in [6.07, 6.45) is 1.61. The lowest BCUT2D eigenvalue weighted by atomic mass is 10.0. The third-order valence-corrected chi connectivity index (χ3v) is 3.53. The van der Waals surface area contributed by atoms with Crippen LogP contribution in [0.5, 0.6) is 0 Å². The lowest BCUT2D eigenvalue weighted by Crippen LogP contribution is -2.44. The minimum atomic E-state index is -0.602. The number of nitrogens with zero attached hydrogens (tertiary/aromatic N) is 1. The Kier molecular flexibility index (Phi) is 4.32. The molecule has 2 rings (SSSR count). The molecule has 1 atom stereocenters. The van der Waals surface area contributed by atoms with Gasteiger partial charge in [0.15, 0.2) is 0 Å². The molecule has 0 unspecified atom stereocenters. The third-order valence-electron chi connectivity index (χ3n) is 3.14. The van der Waals surface area contributed by atoms with Gasteiger partial charge < -0.3 is 5.32 Å². The Balaban J connectivity index is 2.37. The van der Waals surface area contributed by atoms with Gasteiger partial charge in [0.2, 0.25) is 0 Å². The van der Waals surface area contributed by atoms with Crippen LogP contribution >= 0.6 is 11.6 Å². The standard InChI is InChI=1S/C13H15ClF2N2/c1-2-11(18-7-5-17-6-8-18)12-9(15)3-4-10(16)13(12)14/h2-4,11,17H,1,5-8H2/t11-/m1/s1. The number of benzene rings is 1. The Hall–Kier alpha value is -0.970. The maximum Gasteiger partial charge on any atom is 0.142 e. The van der Waals surface area contributed by atoms with E-state index in [2.05, 4.69) is 11.9 Å². The molecule has 1 aliphatic rings. The van der Waals surface area contributed by atoms with Gasteiger partial charge in [0.25, 0.3) is 0 Å². The molecule has 5 heteroatoms. The van der Waals surface area contributed by atoms with Gasteiger partial charge in [-0.2, -0.15) is 0 Å². The quantitative estimate of drug-likeness (QED) is 0.672. The van der Waals surface area contributed by atoms with Crippen LogP contribution in [0.2, 0.25) is 5.02 Å². The molecule has 1 aromatic carbocycles. The Morgan fingerprint density at radius 3 is 2.50 bits per heavy atom. The van der Waals surface area contributed by atoms with Crippen molar-refractivity contribution in [3.05, 3.63) is 47.0 Å². The fourth-order valence-corrected chi connectivity index (χ4v) is 2.49. The van der Waals surface area contributed by atoms with Gasteiger partial charge in [-0.05, 0) is 12.1 Å². The van der Waals surface area contributed by atoms with E-state index in [1.54, 1.807) is 6.08 Å². The molecule has 1 fully saturated rings. The van der Waals surface area contributed by atoms with Crippen molar-refractivity contribution in [2.24, 2.45) is 0 Å². The summed E-state index contributed by atoms with van der Waals surface area (Å²) in [5.74, 6) is -1.10. The lowest BCUT2D eigenvalue weighted by molar-refractivity contribution is 0.200. The highest BCUT2D eigenvalue weighted by atomic mass is 35.5. The zero-order valence-corrected chi connectivity index (χ0v) is 10.7. The van der Waals surface area contributed by atoms with E-state index in [1.165, 1.54) is 0 Å². The van der Waals surface area contributed by atoms with Gasteiger partial charge in [0.05, 0.1) is 11.1 Å². The van der Waals surface area contributed by atoms with Crippen LogP contribution in [-0.2, 0) is 0 Å². The summed E-state index contributed by atoms with van der Waals surface area (Å²) in [6.45, 7) is 6.86. The second-order valence-electron chi connectivity index (χ2n) is 4.22. The molecule has 0 aliphatic carbocycles. The molecule has 1 aliphatic heterocycles. The summed E-state index contributed by atoms with van der Waals surface area (Å²) < 4.78 is 27.3. The molecule has 0 bridgehead atoms. The van der Waals surface area contributed by atoms with Gasteiger partial charge in [0, 0.05) is 31.7 Å². The highest BCUT2D eigenvalue weighted by Crippen LogP contribution is 2.32. The maximum absolute atomic E-state index is 13.9. The number of hydrogen-bond acceptors (Lipinski definition) is 2. The topological polar surface area (TPSA) is 15.3 Å². The SMILES string of the molecule is C=C[C@H](c1c(F)ccc(F)c1Cl)N1CCNCC1. The van der Waals surface area contributed by atoms with Crippen LogP contribution in [0.25, 0.3) is 0 Å². The highest BCUT2D eigenvalue weighted by Gasteiger charge is 2.25. The number of nitrogens with one attached hydrogen (secondary N) is 1. The molecule has 98 valence electrons. The fourth-order valence-electron chi connectivity index (χ4n) is 2.22. The highest BCUT2D eigenvalue weighted by molar-refractivity contribution is 6.31. The number of piperazine rings is 1. The van der Waals surface area contributed by atoms with E-state index in [0.29, 0.717) is 0 Å². The monoisotopic (exact) mass is 272 g/mol. The summed E-state index contributed by atoms with van der Waals surface area (Å²) in [4.78, 5) is 2.03. The van der Waals surface area contributed by atoms with E-state index in [9.17, 15) is 8.78 Å². The first-order valence-electron chi connectivity index (χ1n) is 5.86. The molecular weight excluding hydrogens is 258 g/mol. The molecule has 1 aromatic rings. The molecular formula is C13H15ClF2N2.